The van der Waals surface area contributed by atoms with Crippen LogP contribution >= 0.6 is 0 Å². The fourth-order valence-electron chi connectivity index (χ4n) is 1.64. The third-order valence-electron chi connectivity index (χ3n) is 2.50. The Bertz CT molecular complexity index is 617. The fraction of sp³-hybridized carbons (Fsp3) is 0.182. The van der Waals surface area contributed by atoms with E-state index in [1.165, 1.54) is 17.8 Å². The first-order chi connectivity index (χ1) is 8.80. The van der Waals surface area contributed by atoms with E-state index >= 15 is 0 Å². The lowest BCUT2D eigenvalue weighted by Crippen LogP contribution is -2.08. The van der Waals surface area contributed by atoms with Gasteiger partial charge >= 0.3 is 12.1 Å². The zero-order valence-electron chi connectivity index (χ0n) is 9.64. The van der Waals surface area contributed by atoms with Gasteiger partial charge in [-0.25, -0.2) is 4.79 Å². The van der Waals surface area contributed by atoms with E-state index in [1.807, 2.05) is 0 Å². The van der Waals surface area contributed by atoms with E-state index in [-0.39, 0.29) is 16.8 Å². The number of carboxylic acid groups (broad SMARTS) is 1. The topological polar surface area (TPSA) is 68.0 Å². The van der Waals surface area contributed by atoms with Crippen LogP contribution in [0.15, 0.2) is 24.5 Å². The van der Waals surface area contributed by atoms with Crippen molar-refractivity contribution < 1.29 is 23.1 Å². The molecule has 2 aromatic rings. The number of alkyl halides is 3. The van der Waals surface area contributed by atoms with E-state index < -0.39 is 17.8 Å². The van der Waals surface area contributed by atoms with Crippen LogP contribution in [0.4, 0.5) is 13.2 Å². The Kier molecular flexibility index (Phi) is 3.01. The highest BCUT2D eigenvalue weighted by atomic mass is 19.4. The van der Waals surface area contributed by atoms with Crippen LogP contribution in [-0.4, -0.2) is 25.8 Å². The molecule has 0 bridgehead atoms. The van der Waals surface area contributed by atoms with Crippen molar-refractivity contribution in [2.24, 2.45) is 7.05 Å². The number of carbonyl (C=O) groups is 1. The second-order valence-corrected chi connectivity index (χ2v) is 3.77. The number of hydrogen-bond acceptors (Lipinski definition) is 3. The first kappa shape index (κ1) is 13.1. The summed E-state index contributed by atoms with van der Waals surface area (Å²) >= 11 is 0. The number of nitrogens with zero attached hydrogens (tertiary/aromatic N) is 3. The normalized spacial score (nSPS) is 11.6. The highest BCUT2D eigenvalue weighted by Gasteiger charge is 2.32. The summed E-state index contributed by atoms with van der Waals surface area (Å²) < 4.78 is 38.4. The Hall–Kier alpha value is -2.38. The molecular formula is C11H8F3N3O2. The lowest BCUT2D eigenvalue weighted by Gasteiger charge is -2.07. The molecule has 0 aromatic carbocycles. The molecule has 0 spiro atoms. The maximum absolute atomic E-state index is 12.4. The summed E-state index contributed by atoms with van der Waals surface area (Å²) in [7, 11) is 1.50. The summed E-state index contributed by atoms with van der Waals surface area (Å²) in [6.45, 7) is 0. The van der Waals surface area contributed by atoms with Crippen molar-refractivity contribution in [2.45, 2.75) is 6.18 Å². The van der Waals surface area contributed by atoms with E-state index in [1.54, 1.807) is 0 Å². The lowest BCUT2D eigenvalue weighted by atomic mass is 10.1. The third-order valence-corrected chi connectivity index (χ3v) is 2.50. The molecule has 8 heteroatoms. The average molecular weight is 271 g/mol. The molecule has 100 valence electrons. The maximum Gasteiger partial charge on any atom is 0.433 e. The molecule has 0 atom stereocenters. The Morgan fingerprint density at radius 2 is 2.00 bits per heavy atom. The molecule has 0 radical (unpaired) electrons. The molecule has 0 aliphatic carbocycles. The van der Waals surface area contributed by atoms with Crippen LogP contribution in [0.5, 0.6) is 0 Å². The van der Waals surface area contributed by atoms with Gasteiger partial charge in [-0.15, -0.1) is 0 Å². The average Bonchev–Trinajstić information content (AvgIpc) is 2.70. The number of hydrogen-bond donors (Lipinski definition) is 1. The van der Waals surface area contributed by atoms with Crippen molar-refractivity contribution in [3.63, 3.8) is 0 Å². The Morgan fingerprint density at radius 3 is 2.47 bits per heavy atom. The van der Waals surface area contributed by atoms with Gasteiger partial charge in [-0.2, -0.15) is 18.3 Å². The molecular weight excluding hydrogens is 263 g/mol. The summed E-state index contributed by atoms with van der Waals surface area (Å²) in [6, 6.07) is 1.97. The van der Waals surface area contributed by atoms with Crippen LogP contribution in [0.25, 0.3) is 11.3 Å². The van der Waals surface area contributed by atoms with Crippen molar-refractivity contribution >= 4 is 5.97 Å². The fourth-order valence-corrected chi connectivity index (χ4v) is 1.64. The van der Waals surface area contributed by atoms with E-state index in [2.05, 4.69) is 10.1 Å². The number of aryl methyl sites for hydroxylation is 1. The van der Waals surface area contributed by atoms with Gasteiger partial charge < -0.3 is 5.11 Å². The highest BCUT2D eigenvalue weighted by Crippen LogP contribution is 2.29. The minimum Gasteiger partial charge on any atom is -0.478 e. The number of halogens is 3. The maximum atomic E-state index is 12.4. The Labute approximate surface area is 105 Å². The molecule has 2 heterocycles. The molecule has 1 N–H and O–H groups in total. The first-order valence-electron chi connectivity index (χ1n) is 5.09. The van der Waals surface area contributed by atoms with Gasteiger partial charge in [-0.1, -0.05) is 0 Å². The van der Waals surface area contributed by atoms with Crippen LogP contribution in [0.2, 0.25) is 0 Å². The summed E-state index contributed by atoms with van der Waals surface area (Å²) in [4.78, 5) is 14.3. The molecule has 2 rings (SSSR count). The smallest absolute Gasteiger partial charge is 0.433 e. The summed E-state index contributed by atoms with van der Waals surface area (Å²) in [5.41, 5.74) is -0.668. The lowest BCUT2D eigenvalue weighted by molar-refractivity contribution is -0.141. The van der Waals surface area contributed by atoms with Gasteiger partial charge in [-0.05, 0) is 12.1 Å². The Morgan fingerprint density at radius 1 is 1.32 bits per heavy atom. The van der Waals surface area contributed by atoms with Gasteiger partial charge in [0.05, 0.1) is 11.9 Å². The number of aromatic carboxylic acids is 1. The number of carboxylic acids is 1. The van der Waals surface area contributed by atoms with Crippen LogP contribution in [0.3, 0.4) is 0 Å². The monoisotopic (exact) mass is 271 g/mol. The van der Waals surface area contributed by atoms with Gasteiger partial charge in [0.25, 0.3) is 0 Å². The van der Waals surface area contributed by atoms with Crippen LogP contribution < -0.4 is 0 Å². The molecule has 0 aliphatic rings. The predicted octanol–water partition coefficient (Wildman–Crippen LogP) is 2.20. The van der Waals surface area contributed by atoms with Crippen molar-refractivity contribution in [1.29, 1.82) is 0 Å². The molecule has 0 aliphatic heterocycles. The van der Waals surface area contributed by atoms with E-state index in [0.717, 1.165) is 18.5 Å². The van der Waals surface area contributed by atoms with Crippen LogP contribution in [0.1, 0.15) is 16.1 Å². The van der Waals surface area contributed by atoms with Crippen LogP contribution in [-0.2, 0) is 13.2 Å². The largest absolute Gasteiger partial charge is 0.478 e. The highest BCUT2D eigenvalue weighted by molar-refractivity contribution is 5.94. The zero-order valence-corrected chi connectivity index (χ0v) is 9.64. The SMILES string of the molecule is Cn1ncc(C(=O)O)c1-c1ccc(C(F)(F)F)nc1. The van der Waals surface area contributed by atoms with Gasteiger partial charge in [0.15, 0.2) is 0 Å². The number of aromatic nitrogens is 3. The van der Waals surface area contributed by atoms with Crippen LogP contribution in [0, 0.1) is 0 Å². The minimum absolute atomic E-state index is 0.0935. The van der Waals surface area contributed by atoms with Crippen molar-refractivity contribution in [3.8, 4) is 11.3 Å². The molecule has 0 fully saturated rings. The van der Waals surface area contributed by atoms with Crippen molar-refractivity contribution in [1.82, 2.24) is 14.8 Å². The van der Waals surface area contributed by atoms with E-state index in [0.29, 0.717) is 0 Å². The van der Waals surface area contributed by atoms with Gasteiger partial charge in [-0.3, -0.25) is 9.67 Å². The second kappa shape index (κ2) is 4.38. The zero-order chi connectivity index (χ0) is 14.2. The van der Waals surface area contributed by atoms with Gasteiger partial charge in [0.1, 0.15) is 11.3 Å². The predicted molar refractivity (Wildman–Crippen MR) is 58.4 cm³/mol. The number of rotatable bonds is 2. The standard InChI is InChI=1S/C11H8F3N3O2/c1-17-9(7(5-16-17)10(18)19)6-2-3-8(15-4-6)11(12,13)14/h2-5H,1H3,(H,18,19). The minimum atomic E-state index is -4.53. The summed E-state index contributed by atoms with van der Waals surface area (Å²) in [5.74, 6) is -1.21. The van der Waals surface area contributed by atoms with Gasteiger partial charge in [0.2, 0.25) is 0 Å². The van der Waals surface area contributed by atoms with Gasteiger partial charge in [0, 0.05) is 18.8 Å². The number of pyridine rings is 1. The molecule has 0 unspecified atom stereocenters. The van der Waals surface area contributed by atoms with Crippen molar-refractivity contribution in [2.75, 3.05) is 0 Å². The molecule has 5 nitrogen and oxygen atoms in total. The summed E-state index contributed by atoms with van der Waals surface area (Å²) in [6.07, 6.45) is -2.41. The van der Waals surface area contributed by atoms with E-state index in [9.17, 15) is 18.0 Å². The molecule has 19 heavy (non-hydrogen) atoms. The van der Waals surface area contributed by atoms with E-state index in [4.69, 9.17) is 5.11 Å². The Balaban J connectivity index is 2.49. The molecule has 0 saturated heterocycles. The molecule has 0 saturated carbocycles. The quantitative estimate of drug-likeness (QED) is 0.909. The first-order valence-corrected chi connectivity index (χ1v) is 5.09. The molecule has 2 aromatic heterocycles. The molecule has 0 amide bonds. The third kappa shape index (κ3) is 2.42. The second-order valence-electron chi connectivity index (χ2n) is 3.77. The van der Waals surface area contributed by atoms with Crippen molar-refractivity contribution in [3.05, 3.63) is 35.8 Å². The summed E-state index contributed by atoms with van der Waals surface area (Å²) in [5, 5.41) is 12.7.